The van der Waals surface area contributed by atoms with Crippen LogP contribution in [0.3, 0.4) is 0 Å². The zero-order chi connectivity index (χ0) is 28.2. The van der Waals surface area contributed by atoms with E-state index in [1.165, 1.54) is 18.2 Å². The van der Waals surface area contributed by atoms with Crippen LogP contribution in [0.15, 0.2) is 48.5 Å². The molecule has 39 heavy (non-hydrogen) atoms. The van der Waals surface area contributed by atoms with Crippen molar-refractivity contribution >= 4 is 23.4 Å². The molecule has 1 heterocycles. The second-order valence-electron chi connectivity index (χ2n) is 10.4. The molecule has 0 aromatic heterocycles. The van der Waals surface area contributed by atoms with Crippen molar-refractivity contribution in [2.45, 2.75) is 62.8 Å². The second-order valence-corrected chi connectivity index (χ2v) is 10.9. The van der Waals surface area contributed by atoms with Gasteiger partial charge in [-0.15, -0.1) is 0 Å². The minimum absolute atomic E-state index is 0.0926. The van der Waals surface area contributed by atoms with E-state index in [4.69, 9.17) is 16.3 Å². The summed E-state index contributed by atoms with van der Waals surface area (Å²) in [5.74, 6) is -0.537. The van der Waals surface area contributed by atoms with Crippen molar-refractivity contribution in [1.82, 2.24) is 9.80 Å². The number of rotatable bonds is 10. The summed E-state index contributed by atoms with van der Waals surface area (Å²) in [5.41, 5.74) is -3.57. The Bertz CT molecular complexity index is 1150. The van der Waals surface area contributed by atoms with Crippen LogP contribution in [0.2, 0.25) is 5.02 Å². The van der Waals surface area contributed by atoms with Gasteiger partial charge in [0.25, 0.3) is 17.4 Å². The third-order valence-corrected chi connectivity index (χ3v) is 7.99. The Morgan fingerprint density at radius 1 is 1.05 bits per heavy atom. The number of benzene rings is 2. The number of hydrogen-bond acceptors (Lipinski definition) is 4. The van der Waals surface area contributed by atoms with Crippen LogP contribution in [-0.4, -0.2) is 65.7 Å². The van der Waals surface area contributed by atoms with E-state index in [0.29, 0.717) is 41.8 Å². The van der Waals surface area contributed by atoms with Crippen molar-refractivity contribution in [3.05, 3.63) is 64.7 Å². The molecule has 2 aliphatic rings. The number of carbonyl (C=O) groups is 2. The second kappa shape index (κ2) is 12.2. The molecule has 2 aromatic carbocycles. The maximum atomic E-state index is 13.8. The number of piperidine rings is 1. The lowest BCUT2D eigenvalue weighted by Crippen LogP contribution is -2.57. The Morgan fingerprint density at radius 3 is 2.31 bits per heavy atom. The minimum atomic E-state index is -5.13. The van der Waals surface area contributed by atoms with Gasteiger partial charge < -0.3 is 19.6 Å². The lowest BCUT2D eigenvalue weighted by atomic mass is 9.88. The molecule has 0 unspecified atom stereocenters. The van der Waals surface area contributed by atoms with Crippen LogP contribution in [0, 0.1) is 5.92 Å². The number of aliphatic hydroxyl groups is 1. The first-order chi connectivity index (χ1) is 18.5. The molecule has 4 rings (SSSR count). The van der Waals surface area contributed by atoms with Crippen molar-refractivity contribution < 1.29 is 32.6 Å². The van der Waals surface area contributed by atoms with Gasteiger partial charge >= 0.3 is 6.18 Å². The number of amides is 2. The summed E-state index contributed by atoms with van der Waals surface area (Å²) >= 11 is 6.32. The first-order valence-corrected chi connectivity index (χ1v) is 13.7. The zero-order valence-corrected chi connectivity index (χ0v) is 22.7. The topological polar surface area (TPSA) is 70.1 Å². The summed E-state index contributed by atoms with van der Waals surface area (Å²) in [7, 11) is 1.79. The smallest absolute Gasteiger partial charge is 0.430 e. The van der Waals surface area contributed by atoms with Crippen LogP contribution < -0.4 is 4.74 Å². The summed E-state index contributed by atoms with van der Waals surface area (Å²) in [5, 5.41) is 10.9. The summed E-state index contributed by atoms with van der Waals surface area (Å²) in [6.45, 7) is 0.814. The quantitative estimate of drug-likeness (QED) is 0.368. The Morgan fingerprint density at radius 2 is 1.72 bits per heavy atom. The van der Waals surface area contributed by atoms with Gasteiger partial charge in [0, 0.05) is 31.7 Å². The standard InChI is InChI=1S/C29H34ClF3N2O4/c1-34(22-10-11-22)26(36)24-13-12-23(19-25(24)30)39-18-6-5-7-20-14-16-35(17-15-20)27(37)28(38,29(31,32)33)21-8-3-2-4-9-21/h2-4,8-9,12-13,19-20,22,38H,5-7,10-11,14-18H2,1H3/t28-/m0/s1. The van der Waals surface area contributed by atoms with Crippen molar-refractivity contribution in [1.29, 1.82) is 0 Å². The SMILES string of the molecule is CN(C(=O)c1ccc(OCCCCC2CCN(C(=O)[C@@](O)(c3ccccc3)C(F)(F)F)CC2)cc1Cl)C1CC1. The molecule has 6 nitrogen and oxygen atoms in total. The van der Waals surface area contributed by atoms with E-state index in [1.54, 1.807) is 30.1 Å². The summed E-state index contributed by atoms with van der Waals surface area (Å²) in [6.07, 6.45) is 0.591. The summed E-state index contributed by atoms with van der Waals surface area (Å²) < 4.78 is 47.3. The normalized spacial score (nSPS) is 17.9. The highest BCUT2D eigenvalue weighted by Gasteiger charge is 2.62. The molecule has 2 aromatic rings. The van der Waals surface area contributed by atoms with Gasteiger partial charge in [0.15, 0.2) is 0 Å². The first-order valence-electron chi connectivity index (χ1n) is 13.4. The van der Waals surface area contributed by atoms with E-state index in [1.807, 2.05) is 0 Å². The first kappa shape index (κ1) is 29.2. The van der Waals surface area contributed by atoms with Crippen LogP contribution in [0.25, 0.3) is 0 Å². The number of hydrogen-bond donors (Lipinski definition) is 1. The fourth-order valence-corrected chi connectivity index (χ4v) is 5.29. The van der Waals surface area contributed by atoms with Crippen molar-refractivity contribution in [3.8, 4) is 5.75 Å². The van der Waals surface area contributed by atoms with Gasteiger partial charge in [-0.05, 0) is 62.6 Å². The van der Waals surface area contributed by atoms with Crippen molar-refractivity contribution in [3.63, 3.8) is 0 Å². The van der Waals surface area contributed by atoms with E-state index >= 15 is 0 Å². The molecule has 0 spiro atoms. The van der Waals surface area contributed by atoms with Crippen LogP contribution in [0.4, 0.5) is 13.2 Å². The van der Waals surface area contributed by atoms with Crippen molar-refractivity contribution in [2.75, 3.05) is 26.7 Å². The molecule has 1 N–H and O–H groups in total. The van der Waals surface area contributed by atoms with Gasteiger partial charge in [-0.1, -0.05) is 48.4 Å². The number of nitrogens with zero attached hydrogens (tertiary/aromatic N) is 2. The Balaban J connectivity index is 1.19. The zero-order valence-electron chi connectivity index (χ0n) is 21.9. The van der Waals surface area contributed by atoms with Crippen LogP contribution in [-0.2, 0) is 10.4 Å². The fraction of sp³-hybridized carbons (Fsp3) is 0.517. The molecule has 0 radical (unpaired) electrons. The largest absolute Gasteiger partial charge is 0.494 e. The monoisotopic (exact) mass is 566 g/mol. The predicted molar refractivity (Wildman–Crippen MR) is 142 cm³/mol. The lowest BCUT2D eigenvalue weighted by Gasteiger charge is -2.38. The van der Waals surface area contributed by atoms with E-state index in [2.05, 4.69) is 0 Å². The third-order valence-electron chi connectivity index (χ3n) is 7.67. The Hall–Kier alpha value is -2.78. The molecular formula is C29H34ClF3N2O4. The average molecular weight is 567 g/mol. The third kappa shape index (κ3) is 6.69. The Labute approximate surface area is 231 Å². The van der Waals surface area contributed by atoms with E-state index in [0.717, 1.165) is 49.1 Å². The van der Waals surface area contributed by atoms with E-state index in [9.17, 15) is 27.9 Å². The lowest BCUT2D eigenvalue weighted by molar-refractivity contribution is -0.262. The molecule has 1 saturated heterocycles. The van der Waals surface area contributed by atoms with E-state index < -0.39 is 23.2 Å². The fourth-order valence-electron chi connectivity index (χ4n) is 5.04. The minimum Gasteiger partial charge on any atom is -0.494 e. The Kier molecular flexibility index (Phi) is 9.11. The number of likely N-dealkylation sites (tertiary alicyclic amines) is 1. The van der Waals surface area contributed by atoms with Crippen LogP contribution in [0.5, 0.6) is 5.75 Å². The molecule has 212 valence electrons. The average Bonchev–Trinajstić information content (AvgIpc) is 3.77. The highest BCUT2D eigenvalue weighted by atomic mass is 35.5. The molecule has 10 heteroatoms. The van der Waals surface area contributed by atoms with E-state index in [-0.39, 0.29) is 24.9 Å². The van der Waals surface area contributed by atoms with Crippen molar-refractivity contribution in [2.24, 2.45) is 5.92 Å². The number of unbranched alkanes of at least 4 members (excludes halogenated alkanes) is 1. The molecule has 1 aliphatic carbocycles. The van der Waals surface area contributed by atoms with Crippen LogP contribution in [0.1, 0.15) is 60.9 Å². The van der Waals surface area contributed by atoms with Gasteiger partial charge in [0.1, 0.15) is 5.75 Å². The number of alkyl halides is 3. The predicted octanol–water partition coefficient (Wildman–Crippen LogP) is 5.81. The number of carbonyl (C=O) groups excluding carboxylic acids is 2. The maximum absolute atomic E-state index is 13.8. The van der Waals surface area contributed by atoms with Gasteiger partial charge in [-0.3, -0.25) is 9.59 Å². The summed E-state index contributed by atoms with van der Waals surface area (Å²) in [6, 6.07) is 11.9. The number of ether oxygens (including phenoxy) is 1. The van der Waals surface area contributed by atoms with Gasteiger partial charge in [0.2, 0.25) is 0 Å². The van der Waals surface area contributed by atoms with Gasteiger partial charge in [0.05, 0.1) is 17.2 Å². The number of halogens is 4. The van der Waals surface area contributed by atoms with Gasteiger partial charge in [-0.2, -0.15) is 13.2 Å². The molecule has 1 atom stereocenters. The molecule has 0 bridgehead atoms. The maximum Gasteiger partial charge on any atom is 0.430 e. The molecule has 1 saturated carbocycles. The highest BCUT2D eigenvalue weighted by Crippen LogP contribution is 2.41. The molecule has 2 amide bonds. The van der Waals surface area contributed by atoms with Gasteiger partial charge in [-0.25, -0.2) is 0 Å². The summed E-state index contributed by atoms with van der Waals surface area (Å²) in [4.78, 5) is 28.3. The highest BCUT2D eigenvalue weighted by molar-refractivity contribution is 6.34. The van der Waals surface area contributed by atoms with Crippen LogP contribution >= 0.6 is 11.6 Å². The molecular weight excluding hydrogens is 533 g/mol. The molecule has 1 aliphatic heterocycles. The molecule has 2 fully saturated rings.